The zero-order chi connectivity index (χ0) is 16.9. The fourth-order valence-corrected chi connectivity index (χ4v) is 2.78. The van der Waals surface area contributed by atoms with Crippen molar-refractivity contribution in [3.05, 3.63) is 22.5 Å². The Bertz CT molecular complexity index is 756. The number of hydrogen-bond donors (Lipinski definition) is 2. The van der Waals surface area contributed by atoms with E-state index >= 15 is 0 Å². The molecule has 0 radical (unpaired) electrons. The first-order valence-electron chi connectivity index (χ1n) is 7.98. The number of fused-ring (bicyclic) bond motifs is 1. The van der Waals surface area contributed by atoms with Crippen molar-refractivity contribution < 1.29 is 14.2 Å². The van der Waals surface area contributed by atoms with Crippen molar-refractivity contribution in [2.45, 2.75) is 6.42 Å². The number of nitrogens with two attached hydrogens (primary N) is 1. The summed E-state index contributed by atoms with van der Waals surface area (Å²) in [7, 11) is 1.52. The maximum Gasteiger partial charge on any atom is 0.260 e. The monoisotopic (exact) mass is 334 g/mol. The van der Waals surface area contributed by atoms with E-state index in [-0.39, 0.29) is 11.5 Å². The van der Waals surface area contributed by atoms with Crippen molar-refractivity contribution in [3.63, 3.8) is 0 Å². The van der Waals surface area contributed by atoms with Crippen LogP contribution in [0.5, 0.6) is 11.5 Å². The number of nitrogen functional groups attached to an aromatic ring is 1. The summed E-state index contributed by atoms with van der Waals surface area (Å²) >= 11 is 0. The summed E-state index contributed by atoms with van der Waals surface area (Å²) in [6.45, 7) is 5.03. The van der Waals surface area contributed by atoms with Gasteiger partial charge in [-0.3, -0.25) is 14.7 Å². The highest BCUT2D eigenvalue weighted by molar-refractivity contribution is 5.87. The number of nitrogens with one attached hydrogen (secondary N) is 1. The van der Waals surface area contributed by atoms with E-state index in [1.165, 1.54) is 7.11 Å². The van der Waals surface area contributed by atoms with Crippen molar-refractivity contribution in [2.24, 2.45) is 0 Å². The van der Waals surface area contributed by atoms with Gasteiger partial charge in [-0.1, -0.05) is 0 Å². The predicted molar refractivity (Wildman–Crippen MR) is 90.7 cm³/mol. The minimum atomic E-state index is -0.297. The molecule has 0 aliphatic carbocycles. The molecular formula is C16H22N4O4. The second-order valence-electron chi connectivity index (χ2n) is 5.60. The van der Waals surface area contributed by atoms with Crippen molar-refractivity contribution in [2.75, 3.05) is 52.3 Å². The number of methoxy groups -OCH3 is 1. The van der Waals surface area contributed by atoms with Gasteiger partial charge in [0.05, 0.1) is 32.3 Å². The lowest BCUT2D eigenvalue weighted by atomic mass is 10.2. The van der Waals surface area contributed by atoms with Crippen molar-refractivity contribution in [1.29, 1.82) is 0 Å². The standard InChI is InChI=1S/C16H22N4O4/c1-22-14-12(24-8-2-5-20-6-9-23-10-7-20)4-3-11-13(14)18-16(17)19-15(11)21/h3-4H,2,5-10H2,1H3,(H3,17,18,19,21). The summed E-state index contributed by atoms with van der Waals surface area (Å²) in [5.41, 5.74) is 5.73. The van der Waals surface area contributed by atoms with Crippen LogP contribution in [0.25, 0.3) is 10.9 Å². The third kappa shape index (κ3) is 3.60. The Labute approximate surface area is 139 Å². The number of aromatic amines is 1. The Hall–Kier alpha value is -2.32. The third-order valence-corrected chi connectivity index (χ3v) is 4.00. The van der Waals surface area contributed by atoms with Crippen LogP contribution in [0.2, 0.25) is 0 Å². The summed E-state index contributed by atoms with van der Waals surface area (Å²) in [6.07, 6.45) is 0.895. The molecule has 2 heterocycles. The van der Waals surface area contributed by atoms with Crippen LogP contribution in [0, 0.1) is 0 Å². The molecule has 130 valence electrons. The lowest BCUT2D eigenvalue weighted by molar-refractivity contribution is 0.0357. The summed E-state index contributed by atoms with van der Waals surface area (Å²) < 4.78 is 16.6. The molecule has 1 saturated heterocycles. The Balaban J connectivity index is 1.69. The predicted octanol–water partition coefficient (Wildman–Crippen LogP) is 0.615. The molecule has 0 spiro atoms. The van der Waals surface area contributed by atoms with Crippen molar-refractivity contribution in [1.82, 2.24) is 14.9 Å². The summed E-state index contributed by atoms with van der Waals surface area (Å²) in [5, 5.41) is 0.418. The Kier molecular flexibility index (Phi) is 5.17. The minimum Gasteiger partial charge on any atom is -0.491 e. The number of benzene rings is 1. The van der Waals surface area contributed by atoms with Crippen LogP contribution >= 0.6 is 0 Å². The van der Waals surface area contributed by atoms with Crippen LogP contribution in [-0.4, -0.2) is 61.4 Å². The number of nitrogens with zero attached hydrogens (tertiary/aromatic N) is 2. The maximum atomic E-state index is 11.9. The molecule has 1 fully saturated rings. The molecule has 8 heteroatoms. The first-order chi connectivity index (χ1) is 11.7. The molecule has 3 N–H and O–H groups in total. The first kappa shape index (κ1) is 16.5. The molecule has 24 heavy (non-hydrogen) atoms. The topological polar surface area (TPSA) is 103 Å². The van der Waals surface area contributed by atoms with Crippen LogP contribution < -0.4 is 20.8 Å². The van der Waals surface area contributed by atoms with E-state index in [0.29, 0.717) is 29.0 Å². The molecule has 1 aliphatic rings. The highest BCUT2D eigenvalue weighted by Crippen LogP contribution is 2.33. The minimum absolute atomic E-state index is 0.0512. The van der Waals surface area contributed by atoms with Gasteiger partial charge in [-0.15, -0.1) is 0 Å². The maximum absolute atomic E-state index is 11.9. The fraction of sp³-hybridized carbons (Fsp3) is 0.500. The lowest BCUT2D eigenvalue weighted by Crippen LogP contribution is -2.37. The van der Waals surface area contributed by atoms with Crippen LogP contribution in [0.15, 0.2) is 16.9 Å². The number of morpholine rings is 1. The largest absolute Gasteiger partial charge is 0.491 e. The number of anilines is 1. The van der Waals surface area contributed by atoms with E-state index in [1.807, 2.05) is 0 Å². The number of H-pyrrole nitrogens is 1. The third-order valence-electron chi connectivity index (χ3n) is 4.00. The zero-order valence-electron chi connectivity index (χ0n) is 13.7. The van der Waals surface area contributed by atoms with Gasteiger partial charge in [0.1, 0.15) is 5.52 Å². The zero-order valence-corrected chi connectivity index (χ0v) is 13.7. The molecule has 0 atom stereocenters. The average Bonchev–Trinajstić information content (AvgIpc) is 2.59. The van der Waals surface area contributed by atoms with Gasteiger partial charge in [-0.05, 0) is 18.6 Å². The van der Waals surface area contributed by atoms with Gasteiger partial charge in [-0.2, -0.15) is 0 Å². The molecule has 1 aliphatic heterocycles. The van der Waals surface area contributed by atoms with Gasteiger partial charge >= 0.3 is 0 Å². The highest BCUT2D eigenvalue weighted by Gasteiger charge is 2.14. The molecule has 1 aromatic heterocycles. The van der Waals surface area contributed by atoms with Crippen molar-refractivity contribution in [3.8, 4) is 11.5 Å². The van der Waals surface area contributed by atoms with E-state index in [4.69, 9.17) is 19.9 Å². The van der Waals surface area contributed by atoms with Gasteiger partial charge in [0.15, 0.2) is 11.5 Å². The summed E-state index contributed by atoms with van der Waals surface area (Å²) in [5.74, 6) is 1.04. The first-order valence-corrected chi connectivity index (χ1v) is 7.98. The van der Waals surface area contributed by atoms with Gasteiger partial charge in [0, 0.05) is 19.6 Å². The van der Waals surface area contributed by atoms with Gasteiger partial charge in [-0.25, -0.2) is 4.98 Å². The van der Waals surface area contributed by atoms with E-state index in [2.05, 4.69) is 14.9 Å². The van der Waals surface area contributed by atoms with Crippen molar-refractivity contribution >= 4 is 16.9 Å². The van der Waals surface area contributed by atoms with Gasteiger partial charge in [0.25, 0.3) is 5.56 Å². The van der Waals surface area contributed by atoms with E-state index in [1.54, 1.807) is 12.1 Å². The van der Waals surface area contributed by atoms with Gasteiger partial charge in [0.2, 0.25) is 5.95 Å². The van der Waals surface area contributed by atoms with E-state index in [9.17, 15) is 4.79 Å². The molecule has 2 aromatic rings. The smallest absolute Gasteiger partial charge is 0.260 e. The molecule has 0 unspecified atom stereocenters. The van der Waals surface area contributed by atoms with Gasteiger partial charge < -0.3 is 19.9 Å². The van der Waals surface area contributed by atoms with Crippen LogP contribution in [0.4, 0.5) is 5.95 Å². The molecule has 1 aromatic carbocycles. The number of hydrogen-bond acceptors (Lipinski definition) is 7. The molecule has 8 nitrogen and oxygen atoms in total. The Morgan fingerprint density at radius 1 is 1.38 bits per heavy atom. The lowest BCUT2D eigenvalue weighted by Gasteiger charge is -2.26. The number of aromatic nitrogens is 2. The molecule has 0 saturated carbocycles. The summed E-state index contributed by atoms with van der Waals surface area (Å²) in [4.78, 5) is 20.9. The molecule has 3 rings (SSSR count). The normalized spacial score (nSPS) is 15.5. The fourth-order valence-electron chi connectivity index (χ4n) is 2.78. The van der Waals surface area contributed by atoms with E-state index < -0.39 is 0 Å². The average molecular weight is 334 g/mol. The van der Waals surface area contributed by atoms with Crippen LogP contribution in [-0.2, 0) is 4.74 Å². The summed E-state index contributed by atoms with van der Waals surface area (Å²) in [6, 6.07) is 3.39. The molecule has 0 amide bonds. The quantitative estimate of drug-likeness (QED) is 0.746. The molecular weight excluding hydrogens is 312 g/mol. The SMILES string of the molecule is COc1c(OCCCN2CCOCC2)ccc2c(=O)[nH]c(N)nc12. The highest BCUT2D eigenvalue weighted by atomic mass is 16.5. The second-order valence-corrected chi connectivity index (χ2v) is 5.60. The van der Waals surface area contributed by atoms with E-state index in [0.717, 1.165) is 39.3 Å². The Morgan fingerprint density at radius 2 is 2.17 bits per heavy atom. The van der Waals surface area contributed by atoms with Crippen LogP contribution in [0.3, 0.4) is 0 Å². The number of rotatable bonds is 6. The Morgan fingerprint density at radius 3 is 2.92 bits per heavy atom. The number of ether oxygens (including phenoxy) is 3. The van der Waals surface area contributed by atoms with Crippen LogP contribution in [0.1, 0.15) is 6.42 Å². The molecule has 0 bridgehead atoms. The second kappa shape index (κ2) is 7.50.